The summed E-state index contributed by atoms with van der Waals surface area (Å²) in [6, 6.07) is 0. The molecule has 0 unspecified atom stereocenters. The minimum Gasteiger partial charge on any atom is -0.351 e. The van der Waals surface area contributed by atoms with Crippen LogP contribution in [-0.4, -0.2) is 11.4 Å². The predicted octanol–water partition coefficient (Wildman–Crippen LogP) is 4.14. The number of carbonyl (C=O) groups excluding carboxylic acids is 1. The van der Waals surface area contributed by atoms with Gasteiger partial charge in [-0.2, -0.15) is 0 Å². The third kappa shape index (κ3) is 9.20. The molecule has 1 amide bonds. The summed E-state index contributed by atoms with van der Waals surface area (Å²) in [7, 11) is 0. The van der Waals surface area contributed by atoms with Crippen molar-refractivity contribution in [3.8, 4) is 0 Å². The maximum Gasteiger partial charge on any atom is 0.217 e. The Morgan fingerprint density at radius 1 is 1.06 bits per heavy atom. The Kier molecular flexibility index (Phi) is 6.22. The number of rotatable bonds is 7. The number of hydrogen-bond acceptors (Lipinski definition) is 1. The summed E-state index contributed by atoms with van der Waals surface area (Å²) in [4.78, 5) is 11.1. The van der Waals surface area contributed by atoms with E-state index in [1.54, 1.807) is 6.92 Å². The van der Waals surface area contributed by atoms with Crippen molar-refractivity contribution in [2.45, 2.75) is 79.7 Å². The van der Waals surface area contributed by atoms with Gasteiger partial charge in [-0.25, -0.2) is 0 Å². The van der Waals surface area contributed by atoms with Crippen molar-refractivity contribution < 1.29 is 4.79 Å². The largest absolute Gasteiger partial charge is 0.351 e. The smallest absolute Gasteiger partial charge is 0.217 e. The van der Waals surface area contributed by atoms with E-state index in [4.69, 9.17) is 0 Å². The predicted molar refractivity (Wildman–Crippen MR) is 75.0 cm³/mol. The molecule has 102 valence electrons. The summed E-state index contributed by atoms with van der Waals surface area (Å²) in [5.41, 5.74) is 0.293. The molecule has 0 rings (SSSR count). The molecule has 2 heteroatoms. The molecule has 2 nitrogen and oxygen atoms in total. The summed E-state index contributed by atoms with van der Waals surface area (Å²) >= 11 is 0. The zero-order valence-electron chi connectivity index (χ0n) is 12.8. The van der Waals surface area contributed by atoms with Gasteiger partial charge >= 0.3 is 0 Å². The Morgan fingerprint density at radius 2 is 1.59 bits per heavy atom. The second-order valence-corrected chi connectivity index (χ2v) is 7.16. The van der Waals surface area contributed by atoms with Gasteiger partial charge in [-0.15, -0.1) is 0 Å². The van der Waals surface area contributed by atoms with E-state index in [0.29, 0.717) is 5.41 Å². The van der Waals surface area contributed by atoms with Crippen LogP contribution in [0.25, 0.3) is 0 Å². The summed E-state index contributed by atoms with van der Waals surface area (Å²) in [6.07, 6.45) is 4.75. The lowest BCUT2D eigenvalue weighted by atomic mass is 9.78. The van der Waals surface area contributed by atoms with E-state index in [9.17, 15) is 4.79 Å². The fourth-order valence-electron chi connectivity index (χ4n) is 1.99. The van der Waals surface area contributed by atoms with Crippen LogP contribution in [0.5, 0.6) is 0 Å². The lowest BCUT2D eigenvalue weighted by Crippen LogP contribution is -2.42. The Bertz CT molecular complexity index is 241. The molecule has 0 atom stereocenters. The molecular weight excluding hydrogens is 210 g/mol. The molecule has 0 heterocycles. The highest BCUT2D eigenvalue weighted by Crippen LogP contribution is 2.32. The van der Waals surface area contributed by atoms with Gasteiger partial charge in [0.1, 0.15) is 0 Å². The van der Waals surface area contributed by atoms with Crippen LogP contribution in [0, 0.1) is 11.3 Å². The summed E-state index contributed by atoms with van der Waals surface area (Å²) < 4.78 is 0. The van der Waals surface area contributed by atoms with Crippen LogP contribution in [0.4, 0.5) is 0 Å². The molecule has 0 fully saturated rings. The van der Waals surface area contributed by atoms with Gasteiger partial charge in [0.2, 0.25) is 5.91 Å². The van der Waals surface area contributed by atoms with Crippen LogP contribution in [0.3, 0.4) is 0 Å². The Labute approximate surface area is 108 Å². The minimum absolute atomic E-state index is 0.0648. The highest BCUT2D eigenvalue weighted by Gasteiger charge is 2.24. The van der Waals surface area contributed by atoms with Gasteiger partial charge in [0.15, 0.2) is 0 Å². The number of nitrogens with one attached hydrogen (secondary N) is 1. The lowest BCUT2D eigenvalue weighted by molar-refractivity contribution is -0.120. The Morgan fingerprint density at radius 3 is 2.00 bits per heavy atom. The van der Waals surface area contributed by atoms with Gasteiger partial charge in [-0.1, -0.05) is 34.1 Å². The maximum absolute atomic E-state index is 11.1. The van der Waals surface area contributed by atoms with E-state index in [2.05, 4.69) is 46.9 Å². The quantitative estimate of drug-likeness (QED) is 0.713. The molecule has 0 saturated carbocycles. The topological polar surface area (TPSA) is 29.1 Å². The molecule has 0 aromatic heterocycles. The van der Waals surface area contributed by atoms with E-state index >= 15 is 0 Å². The maximum atomic E-state index is 11.1. The Balaban J connectivity index is 4.11. The molecule has 0 spiro atoms. The molecule has 0 aromatic rings. The van der Waals surface area contributed by atoms with Crippen LogP contribution in [-0.2, 0) is 4.79 Å². The lowest BCUT2D eigenvalue weighted by Gasteiger charge is -2.32. The van der Waals surface area contributed by atoms with Crippen molar-refractivity contribution in [3.63, 3.8) is 0 Å². The van der Waals surface area contributed by atoms with Gasteiger partial charge in [-0.05, 0) is 44.4 Å². The van der Waals surface area contributed by atoms with Gasteiger partial charge in [0.25, 0.3) is 0 Å². The third-order valence-corrected chi connectivity index (χ3v) is 3.34. The van der Waals surface area contributed by atoms with Crippen molar-refractivity contribution in [2.24, 2.45) is 11.3 Å². The van der Waals surface area contributed by atoms with Gasteiger partial charge < -0.3 is 5.32 Å². The zero-order chi connectivity index (χ0) is 13.7. The van der Waals surface area contributed by atoms with E-state index < -0.39 is 0 Å². The SMILES string of the molecule is CC(=O)NC(C)(C)CCC(C)(C)CCC(C)C. The number of hydrogen-bond donors (Lipinski definition) is 1. The van der Waals surface area contributed by atoms with Gasteiger partial charge in [-0.3, -0.25) is 4.79 Å². The van der Waals surface area contributed by atoms with Crippen LogP contribution < -0.4 is 5.32 Å². The molecule has 0 saturated heterocycles. The first-order valence-electron chi connectivity index (χ1n) is 6.83. The molecule has 17 heavy (non-hydrogen) atoms. The first kappa shape index (κ1) is 16.5. The fourth-order valence-corrected chi connectivity index (χ4v) is 1.99. The molecule has 1 N–H and O–H groups in total. The summed E-state index contributed by atoms with van der Waals surface area (Å²) in [5.74, 6) is 0.840. The first-order valence-corrected chi connectivity index (χ1v) is 6.83. The minimum atomic E-state index is -0.0824. The van der Waals surface area contributed by atoms with Gasteiger partial charge in [0, 0.05) is 12.5 Å². The third-order valence-electron chi connectivity index (χ3n) is 3.34. The molecular formula is C15H31NO. The first-order chi connectivity index (χ1) is 7.54. The van der Waals surface area contributed by atoms with E-state index in [-0.39, 0.29) is 11.4 Å². The highest BCUT2D eigenvalue weighted by atomic mass is 16.1. The Hall–Kier alpha value is -0.530. The molecule has 0 bridgehead atoms. The van der Waals surface area contributed by atoms with E-state index in [0.717, 1.165) is 18.8 Å². The number of carbonyl (C=O) groups is 1. The van der Waals surface area contributed by atoms with Crippen LogP contribution in [0.2, 0.25) is 0 Å². The number of amides is 1. The van der Waals surface area contributed by atoms with Crippen LogP contribution in [0.15, 0.2) is 0 Å². The van der Waals surface area contributed by atoms with Crippen molar-refractivity contribution in [1.29, 1.82) is 0 Å². The molecule has 0 aromatic carbocycles. The monoisotopic (exact) mass is 241 g/mol. The molecule has 0 aliphatic heterocycles. The molecule has 0 radical (unpaired) electrons. The molecule has 0 aliphatic carbocycles. The summed E-state index contributed by atoms with van der Waals surface area (Å²) in [5, 5.41) is 3.02. The van der Waals surface area contributed by atoms with Crippen molar-refractivity contribution in [2.75, 3.05) is 0 Å². The second kappa shape index (κ2) is 6.42. The summed E-state index contributed by atoms with van der Waals surface area (Å²) in [6.45, 7) is 15.0. The normalized spacial score (nSPS) is 12.9. The second-order valence-electron chi connectivity index (χ2n) is 7.16. The average Bonchev–Trinajstić information content (AvgIpc) is 2.10. The standard InChI is InChI=1S/C15H31NO/c1-12(2)8-9-14(4,5)10-11-15(6,7)16-13(3)17/h12H,8-11H2,1-7H3,(H,16,17). The van der Waals surface area contributed by atoms with Crippen LogP contribution >= 0.6 is 0 Å². The van der Waals surface area contributed by atoms with Crippen LogP contribution in [0.1, 0.15) is 74.1 Å². The van der Waals surface area contributed by atoms with Crippen molar-refractivity contribution in [3.05, 3.63) is 0 Å². The van der Waals surface area contributed by atoms with Gasteiger partial charge in [0.05, 0.1) is 0 Å². The highest BCUT2D eigenvalue weighted by molar-refractivity contribution is 5.73. The van der Waals surface area contributed by atoms with Crippen molar-refractivity contribution >= 4 is 5.91 Å². The van der Waals surface area contributed by atoms with Crippen molar-refractivity contribution in [1.82, 2.24) is 5.32 Å². The fraction of sp³-hybridized carbons (Fsp3) is 0.933. The average molecular weight is 241 g/mol. The molecule has 0 aliphatic rings. The van der Waals surface area contributed by atoms with E-state index in [1.165, 1.54) is 12.8 Å². The van der Waals surface area contributed by atoms with E-state index in [1.807, 2.05) is 0 Å². The zero-order valence-corrected chi connectivity index (χ0v) is 12.8.